The van der Waals surface area contributed by atoms with E-state index in [4.69, 9.17) is 0 Å². The number of hydrogen-bond donors (Lipinski definition) is 1. The molecule has 0 amide bonds. The van der Waals surface area contributed by atoms with Crippen LogP contribution in [0.15, 0.2) is 22.7 Å². The molecule has 1 nitrogen and oxygen atoms in total. The fourth-order valence-electron chi connectivity index (χ4n) is 1.25. The van der Waals surface area contributed by atoms with E-state index in [1.807, 2.05) is 6.92 Å². The molecule has 0 spiro atoms. The van der Waals surface area contributed by atoms with Crippen LogP contribution in [0.3, 0.4) is 0 Å². The highest BCUT2D eigenvalue weighted by atomic mass is 79.9. The smallest absolute Gasteiger partial charge is 0.298 e. The molecule has 0 fully saturated rings. The van der Waals surface area contributed by atoms with E-state index in [1.165, 1.54) is 19.1 Å². The number of hydrogen-bond acceptors (Lipinski definition) is 1. The topological polar surface area (TPSA) is 20.2 Å². The van der Waals surface area contributed by atoms with Gasteiger partial charge in [0.2, 0.25) is 0 Å². The van der Waals surface area contributed by atoms with Crippen molar-refractivity contribution in [2.24, 2.45) is 0 Å². The Hall–Kier alpha value is -0.480. The maximum Gasteiger partial charge on any atom is 0.298 e. The molecule has 15 heavy (non-hydrogen) atoms. The Labute approximate surface area is 96.2 Å². The summed E-state index contributed by atoms with van der Waals surface area (Å²) in [7, 11) is 0. The average Bonchev–Trinajstić information content (AvgIpc) is 2.20. The van der Waals surface area contributed by atoms with Crippen molar-refractivity contribution < 1.29 is 13.9 Å². The lowest BCUT2D eigenvalue weighted by Gasteiger charge is -2.22. The van der Waals surface area contributed by atoms with Crippen LogP contribution >= 0.6 is 15.9 Å². The molecule has 0 aliphatic rings. The van der Waals surface area contributed by atoms with Gasteiger partial charge in [0.15, 0.2) is 0 Å². The number of benzene rings is 1. The summed E-state index contributed by atoms with van der Waals surface area (Å²) in [4.78, 5) is 0. The van der Waals surface area contributed by atoms with E-state index in [0.29, 0.717) is 4.47 Å². The van der Waals surface area contributed by atoms with E-state index in [-0.39, 0.29) is 12.0 Å². The Morgan fingerprint density at radius 1 is 1.47 bits per heavy atom. The van der Waals surface area contributed by atoms with Crippen molar-refractivity contribution in [2.45, 2.75) is 32.3 Å². The first-order valence-corrected chi connectivity index (χ1v) is 5.51. The van der Waals surface area contributed by atoms with Gasteiger partial charge in [-0.05, 0) is 25.0 Å². The SMILES string of the molecule is CCC(O)C(F)(F)c1ccc(C)c(Br)c1. The van der Waals surface area contributed by atoms with Gasteiger partial charge in [-0.2, -0.15) is 8.78 Å². The van der Waals surface area contributed by atoms with Crippen molar-refractivity contribution in [1.82, 2.24) is 0 Å². The van der Waals surface area contributed by atoms with Crippen molar-refractivity contribution in [1.29, 1.82) is 0 Å². The molecule has 0 bridgehead atoms. The second-order valence-corrected chi connectivity index (χ2v) is 4.37. The first kappa shape index (κ1) is 12.6. The summed E-state index contributed by atoms with van der Waals surface area (Å²) in [6.45, 7) is 3.35. The summed E-state index contributed by atoms with van der Waals surface area (Å²) < 4.78 is 27.8. The van der Waals surface area contributed by atoms with Gasteiger partial charge < -0.3 is 5.11 Å². The molecular formula is C11H13BrF2O. The van der Waals surface area contributed by atoms with E-state index >= 15 is 0 Å². The molecule has 0 aliphatic carbocycles. The highest BCUT2D eigenvalue weighted by Gasteiger charge is 2.39. The highest BCUT2D eigenvalue weighted by molar-refractivity contribution is 9.10. The Morgan fingerprint density at radius 3 is 2.53 bits per heavy atom. The third kappa shape index (κ3) is 2.55. The fraction of sp³-hybridized carbons (Fsp3) is 0.455. The van der Waals surface area contributed by atoms with Crippen molar-refractivity contribution in [2.75, 3.05) is 0 Å². The van der Waals surface area contributed by atoms with Gasteiger partial charge in [-0.3, -0.25) is 0 Å². The normalized spacial score (nSPS) is 14.0. The number of alkyl halides is 2. The average molecular weight is 279 g/mol. The van der Waals surface area contributed by atoms with E-state index in [2.05, 4.69) is 15.9 Å². The number of halogens is 3. The zero-order valence-corrected chi connectivity index (χ0v) is 10.2. The fourth-order valence-corrected chi connectivity index (χ4v) is 1.63. The van der Waals surface area contributed by atoms with Crippen molar-refractivity contribution in [3.8, 4) is 0 Å². The molecular weight excluding hydrogens is 266 g/mol. The Morgan fingerprint density at radius 2 is 2.07 bits per heavy atom. The van der Waals surface area contributed by atoms with Crippen LogP contribution in [0.4, 0.5) is 8.78 Å². The Kier molecular flexibility index (Phi) is 3.84. The van der Waals surface area contributed by atoms with Gasteiger partial charge in [-0.15, -0.1) is 0 Å². The lowest BCUT2D eigenvalue weighted by molar-refractivity contribution is -0.115. The van der Waals surface area contributed by atoms with Crippen molar-refractivity contribution in [3.63, 3.8) is 0 Å². The molecule has 0 heterocycles. The van der Waals surface area contributed by atoms with Crippen LogP contribution in [0.2, 0.25) is 0 Å². The molecule has 0 saturated carbocycles. The molecule has 1 aromatic rings. The lowest BCUT2D eigenvalue weighted by Crippen LogP contribution is -2.30. The summed E-state index contributed by atoms with van der Waals surface area (Å²) in [5.74, 6) is -3.19. The van der Waals surface area contributed by atoms with Crippen LogP contribution in [0, 0.1) is 6.92 Å². The molecule has 0 saturated heterocycles. The minimum Gasteiger partial charge on any atom is -0.386 e. The summed E-state index contributed by atoms with van der Waals surface area (Å²) >= 11 is 3.19. The molecule has 84 valence electrons. The van der Waals surface area contributed by atoms with Crippen LogP contribution in [0.1, 0.15) is 24.5 Å². The van der Waals surface area contributed by atoms with Gasteiger partial charge in [0, 0.05) is 10.0 Å². The van der Waals surface area contributed by atoms with Crippen molar-refractivity contribution in [3.05, 3.63) is 33.8 Å². The molecule has 1 N–H and O–H groups in total. The zero-order valence-electron chi connectivity index (χ0n) is 8.60. The molecule has 1 rings (SSSR count). The minimum atomic E-state index is -3.19. The van der Waals surface area contributed by atoms with Gasteiger partial charge in [-0.25, -0.2) is 0 Å². The van der Waals surface area contributed by atoms with E-state index < -0.39 is 12.0 Å². The summed E-state index contributed by atoms with van der Waals surface area (Å²) in [5, 5.41) is 9.23. The third-order valence-electron chi connectivity index (χ3n) is 2.36. The van der Waals surface area contributed by atoms with E-state index in [9.17, 15) is 13.9 Å². The summed E-state index contributed by atoms with van der Waals surface area (Å²) in [6, 6.07) is 4.31. The Balaban J connectivity index is 3.10. The van der Waals surface area contributed by atoms with Crippen LogP contribution in [0.5, 0.6) is 0 Å². The predicted octanol–water partition coefficient (Wildman–Crippen LogP) is 3.62. The van der Waals surface area contributed by atoms with E-state index in [1.54, 1.807) is 6.07 Å². The maximum absolute atomic E-state index is 13.6. The number of rotatable bonds is 3. The summed E-state index contributed by atoms with van der Waals surface area (Å²) in [6.07, 6.45) is -1.61. The van der Waals surface area contributed by atoms with Crippen LogP contribution in [0.25, 0.3) is 0 Å². The Bertz CT molecular complexity index is 352. The van der Waals surface area contributed by atoms with Crippen LogP contribution in [-0.2, 0) is 5.92 Å². The van der Waals surface area contributed by atoms with Gasteiger partial charge in [0.1, 0.15) is 6.10 Å². The van der Waals surface area contributed by atoms with Crippen LogP contribution < -0.4 is 0 Å². The number of aliphatic hydroxyl groups is 1. The molecule has 1 atom stereocenters. The highest BCUT2D eigenvalue weighted by Crippen LogP contribution is 2.35. The van der Waals surface area contributed by atoms with Crippen molar-refractivity contribution >= 4 is 15.9 Å². The molecule has 0 aliphatic heterocycles. The quantitative estimate of drug-likeness (QED) is 0.896. The second-order valence-electron chi connectivity index (χ2n) is 3.51. The zero-order chi connectivity index (χ0) is 11.6. The molecule has 0 aromatic heterocycles. The predicted molar refractivity (Wildman–Crippen MR) is 59.1 cm³/mol. The van der Waals surface area contributed by atoms with Gasteiger partial charge >= 0.3 is 0 Å². The molecule has 1 unspecified atom stereocenters. The van der Waals surface area contributed by atoms with Gasteiger partial charge in [0.05, 0.1) is 0 Å². The number of aliphatic hydroxyl groups excluding tert-OH is 1. The number of aryl methyl sites for hydroxylation is 1. The third-order valence-corrected chi connectivity index (χ3v) is 3.22. The van der Waals surface area contributed by atoms with Gasteiger partial charge in [-0.1, -0.05) is 35.0 Å². The minimum absolute atomic E-state index is 0.0263. The standard InChI is InChI=1S/C11H13BrF2O/c1-3-10(15)11(13,14)8-5-4-7(2)9(12)6-8/h4-6,10,15H,3H2,1-2H3. The summed E-state index contributed by atoms with van der Waals surface area (Å²) in [5.41, 5.74) is 0.731. The molecule has 4 heteroatoms. The first-order valence-electron chi connectivity index (χ1n) is 4.72. The monoisotopic (exact) mass is 278 g/mol. The lowest BCUT2D eigenvalue weighted by atomic mass is 10.0. The maximum atomic E-state index is 13.6. The first-order chi connectivity index (χ1) is 6.89. The van der Waals surface area contributed by atoms with Gasteiger partial charge in [0.25, 0.3) is 5.92 Å². The second kappa shape index (κ2) is 4.58. The molecule has 0 radical (unpaired) electrons. The van der Waals surface area contributed by atoms with E-state index in [0.717, 1.165) is 5.56 Å². The molecule has 1 aromatic carbocycles. The van der Waals surface area contributed by atoms with Crippen LogP contribution in [-0.4, -0.2) is 11.2 Å². The largest absolute Gasteiger partial charge is 0.386 e.